The Labute approximate surface area is 95.8 Å². The number of carbonyl (C=O) groups excluding carboxylic acids is 1. The molecule has 1 aliphatic carbocycles. The third-order valence-corrected chi connectivity index (χ3v) is 4.22. The van der Waals surface area contributed by atoms with Gasteiger partial charge in [-0.1, -0.05) is 0 Å². The average molecular weight is 223 g/mol. The molecule has 4 bridgehead atoms. The van der Waals surface area contributed by atoms with Crippen molar-refractivity contribution in [3.05, 3.63) is 0 Å². The van der Waals surface area contributed by atoms with E-state index in [2.05, 4.69) is 14.7 Å². The number of carbonyl (C=O) groups is 1. The van der Waals surface area contributed by atoms with Crippen LogP contribution in [0.25, 0.3) is 0 Å². The van der Waals surface area contributed by atoms with E-state index in [1.807, 2.05) is 0 Å². The van der Waals surface area contributed by atoms with Crippen LogP contribution in [-0.2, 0) is 4.79 Å². The molecule has 5 rings (SSSR count). The summed E-state index contributed by atoms with van der Waals surface area (Å²) in [4.78, 5) is 19.4. The highest BCUT2D eigenvalue weighted by molar-refractivity contribution is 5.84. The van der Waals surface area contributed by atoms with E-state index >= 15 is 0 Å². The van der Waals surface area contributed by atoms with Gasteiger partial charge in [0.1, 0.15) is 26.6 Å². The van der Waals surface area contributed by atoms with Crippen molar-refractivity contribution >= 4 is 5.78 Å². The van der Waals surface area contributed by atoms with Gasteiger partial charge < -0.3 is 0 Å². The quantitative estimate of drug-likeness (QED) is 0.601. The first-order chi connectivity index (χ1) is 7.72. The minimum atomic E-state index is 0.422. The maximum absolute atomic E-state index is 12.0. The summed E-state index contributed by atoms with van der Waals surface area (Å²) in [5.41, 5.74) is 0. The van der Waals surface area contributed by atoms with E-state index in [0.717, 1.165) is 63.9 Å². The molecule has 0 amide bonds. The molecule has 16 heavy (non-hydrogen) atoms. The van der Waals surface area contributed by atoms with Crippen molar-refractivity contribution in [1.82, 2.24) is 14.7 Å². The molecule has 0 radical (unpaired) electrons. The fourth-order valence-corrected chi connectivity index (χ4v) is 3.67. The van der Waals surface area contributed by atoms with Crippen molar-refractivity contribution in [1.29, 1.82) is 0 Å². The smallest absolute Gasteiger partial charge is 0.190 e. The maximum Gasteiger partial charge on any atom is 0.190 e. The van der Waals surface area contributed by atoms with Crippen LogP contribution in [0.15, 0.2) is 0 Å². The molecule has 4 aliphatic heterocycles. The average Bonchev–Trinajstić information content (AvgIpc) is 2.96. The lowest BCUT2D eigenvalue weighted by molar-refractivity contribution is -0.973. The zero-order valence-electron chi connectivity index (χ0n) is 9.64. The highest BCUT2D eigenvalue weighted by atomic mass is 16.1. The Morgan fingerprint density at radius 3 is 1.94 bits per heavy atom. The van der Waals surface area contributed by atoms with E-state index in [1.165, 1.54) is 0 Å². The summed E-state index contributed by atoms with van der Waals surface area (Å²) in [7, 11) is 0. The first kappa shape index (κ1) is 9.53. The predicted octanol–water partition coefficient (Wildman–Crippen LogP) is -0.526. The second kappa shape index (κ2) is 3.04. The Hall–Kier alpha value is -0.490. The molecule has 0 spiro atoms. The van der Waals surface area contributed by atoms with Gasteiger partial charge in [-0.3, -0.25) is 9.28 Å². The Morgan fingerprint density at radius 1 is 1.00 bits per heavy atom. The molecule has 0 aromatic heterocycles. The zero-order valence-corrected chi connectivity index (χ0v) is 9.64. The van der Waals surface area contributed by atoms with Gasteiger partial charge in [-0.15, -0.1) is 0 Å². The lowest BCUT2D eigenvalue weighted by atomic mass is 10.2. The van der Waals surface area contributed by atoms with E-state index in [4.69, 9.17) is 0 Å². The fraction of sp³-hybridized carbons (Fsp3) is 0.909. The van der Waals surface area contributed by atoms with Gasteiger partial charge in [0.05, 0.1) is 20.0 Å². The van der Waals surface area contributed by atoms with Gasteiger partial charge in [-0.05, 0) is 12.8 Å². The number of quaternary nitrogens is 1. The second-order valence-electron chi connectivity index (χ2n) is 6.10. The van der Waals surface area contributed by atoms with Crippen LogP contribution in [0.4, 0.5) is 0 Å². The first-order valence-corrected chi connectivity index (χ1v) is 6.27. The van der Waals surface area contributed by atoms with E-state index in [9.17, 15) is 4.79 Å². The third-order valence-electron chi connectivity index (χ3n) is 4.22. The van der Waals surface area contributed by atoms with Crippen LogP contribution in [0.5, 0.6) is 0 Å². The van der Waals surface area contributed by atoms with Crippen LogP contribution < -0.4 is 0 Å². The summed E-state index contributed by atoms with van der Waals surface area (Å²) in [6, 6.07) is 0. The number of hydrogen-bond donors (Lipinski definition) is 0. The summed E-state index contributed by atoms with van der Waals surface area (Å²) in [5, 5.41) is 0. The third kappa shape index (κ3) is 1.43. The highest BCUT2D eigenvalue weighted by Crippen LogP contribution is 2.33. The molecule has 5 heteroatoms. The van der Waals surface area contributed by atoms with Crippen molar-refractivity contribution in [2.24, 2.45) is 5.92 Å². The monoisotopic (exact) mass is 223 g/mol. The predicted molar refractivity (Wildman–Crippen MR) is 57.6 cm³/mol. The molecule has 0 aromatic carbocycles. The molecule has 0 atom stereocenters. The topological polar surface area (TPSA) is 26.8 Å². The Kier molecular flexibility index (Phi) is 1.81. The molecule has 0 unspecified atom stereocenters. The number of nitrogens with zero attached hydrogens (tertiary/aromatic N) is 4. The van der Waals surface area contributed by atoms with E-state index in [1.54, 1.807) is 0 Å². The lowest BCUT2D eigenvalue weighted by Gasteiger charge is -2.60. The van der Waals surface area contributed by atoms with Gasteiger partial charge >= 0.3 is 0 Å². The van der Waals surface area contributed by atoms with Crippen LogP contribution in [0.2, 0.25) is 0 Å². The number of ketones is 1. The normalized spacial score (nSPS) is 49.6. The number of Topliss-reactive ketones (excluding diaryl/α,β-unsaturated/α-hetero) is 1. The van der Waals surface area contributed by atoms with Gasteiger partial charge in [0.2, 0.25) is 0 Å². The molecule has 5 aliphatic rings. The molecule has 5 nitrogen and oxygen atoms in total. The highest BCUT2D eigenvalue weighted by Gasteiger charge is 2.50. The van der Waals surface area contributed by atoms with Gasteiger partial charge in [0.25, 0.3) is 0 Å². The standard InChI is InChI=1S/C11H19N4O/c16-11(10-1-2-10)3-15-7-12-4-13(8-15)6-14(5-12)9-15/h10H,1-9H2/q+1. The van der Waals surface area contributed by atoms with E-state index in [-0.39, 0.29) is 0 Å². The molecule has 1 saturated carbocycles. The lowest BCUT2D eigenvalue weighted by Crippen LogP contribution is -2.79. The number of hydrogen-bond acceptors (Lipinski definition) is 4. The van der Waals surface area contributed by atoms with E-state index in [0.29, 0.717) is 11.7 Å². The molecule has 0 N–H and O–H groups in total. The van der Waals surface area contributed by atoms with Crippen molar-refractivity contribution in [2.45, 2.75) is 12.8 Å². The fourth-order valence-electron chi connectivity index (χ4n) is 3.67. The molecule has 4 saturated heterocycles. The first-order valence-electron chi connectivity index (χ1n) is 6.27. The summed E-state index contributed by atoms with van der Waals surface area (Å²) >= 11 is 0. The molecular formula is C11H19N4O+. The molecule has 88 valence electrons. The van der Waals surface area contributed by atoms with Crippen LogP contribution in [0.3, 0.4) is 0 Å². The Bertz CT molecular complexity index is 304. The summed E-state index contributed by atoms with van der Waals surface area (Å²) in [6.07, 6.45) is 2.30. The van der Waals surface area contributed by atoms with Gasteiger partial charge in [0, 0.05) is 5.92 Å². The van der Waals surface area contributed by atoms with Crippen LogP contribution >= 0.6 is 0 Å². The van der Waals surface area contributed by atoms with Crippen molar-refractivity contribution in [3.63, 3.8) is 0 Å². The van der Waals surface area contributed by atoms with Crippen LogP contribution in [-0.4, -0.2) is 71.5 Å². The number of rotatable bonds is 3. The summed E-state index contributed by atoms with van der Waals surface area (Å²) in [6.45, 7) is 7.35. The van der Waals surface area contributed by atoms with Crippen molar-refractivity contribution < 1.29 is 9.28 Å². The maximum atomic E-state index is 12.0. The Balaban J connectivity index is 1.54. The Morgan fingerprint density at radius 2 is 1.50 bits per heavy atom. The minimum Gasteiger partial charge on any atom is -0.293 e. The molecular weight excluding hydrogens is 204 g/mol. The molecule has 5 fully saturated rings. The SMILES string of the molecule is O=C(C[N+]12CN3CN(CN(C3)C1)C2)C1CC1. The largest absolute Gasteiger partial charge is 0.293 e. The summed E-state index contributed by atoms with van der Waals surface area (Å²) < 4.78 is 0.981. The van der Waals surface area contributed by atoms with Gasteiger partial charge in [-0.25, -0.2) is 14.7 Å². The summed E-state index contributed by atoms with van der Waals surface area (Å²) in [5.74, 6) is 0.941. The van der Waals surface area contributed by atoms with Crippen LogP contribution in [0, 0.1) is 5.92 Å². The van der Waals surface area contributed by atoms with E-state index < -0.39 is 0 Å². The minimum absolute atomic E-state index is 0.422. The second-order valence-corrected chi connectivity index (χ2v) is 6.10. The van der Waals surface area contributed by atoms with Crippen molar-refractivity contribution in [2.75, 3.05) is 46.6 Å². The molecule has 0 aromatic rings. The van der Waals surface area contributed by atoms with Gasteiger partial charge in [-0.2, -0.15) is 0 Å². The van der Waals surface area contributed by atoms with Crippen LogP contribution in [0.1, 0.15) is 12.8 Å². The zero-order chi connectivity index (χ0) is 10.8. The van der Waals surface area contributed by atoms with Gasteiger partial charge in [0.15, 0.2) is 5.78 Å². The molecule has 4 heterocycles. The van der Waals surface area contributed by atoms with Crippen molar-refractivity contribution in [3.8, 4) is 0 Å².